The zero-order valence-electron chi connectivity index (χ0n) is 17.4. The van der Waals surface area contributed by atoms with E-state index in [2.05, 4.69) is 15.0 Å². The summed E-state index contributed by atoms with van der Waals surface area (Å²) in [5.41, 5.74) is 0. The number of guanidine groups is 1. The van der Waals surface area contributed by atoms with Crippen LogP contribution >= 0.6 is 0 Å². The zero-order chi connectivity index (χ0) is 21.8. The molecule has 1 aromatic rings. The van der Waals surface area contributed by atoms with Gasteiger partial charge >= 0.3 is 5.97 Å². The van der Waals surface area contributed by atoms with Gasteiger partial charge in [0.2, 0.25) is 29.7 Å². The molecule has 0 aromatic carbocycles. The minimum absolute atomic E-state index is 0.132. The predicted octanol–water partition coefficient (Wildman–Crippen LogP) is -1.31. The molecule has 0 aliphatic carbocycles. The Morgan fingerprint density at radius 1 is 0.968 bits per heavy atom. The minimum atomic E-state index is -0.568. The molecule has 4 rings (SSSR count). The Bertz CT molecular complexity index is 804. The number of nitrogens with zero attached hydrogens (tertiary/aromatic N) is 7. The number of ether oxygens (including phenoxy) is 3. The molecule has 4 heterocycles. The average Bonchev–Trinajstić information content (AvgIpc) is 3.08. The lowest BCUT2D eigenvalue weighted by molar-refractivity contribution is -0.146. The summed E-state index contributed by atoms with van der Waals surface area (Å²) in [5, 5.41) is 8.44. The molecule has 31 heavy (non-hydrogen) atoms. The molecular formula is C18H26N8O5. The molecule has 1 aromatic heterocycles. The molecule has 0 radical (unpaired) electrons. The van der Waals surface area contributed by atoms with Crippen molar-refractivity contribution >= 4 is 35.7 Å². The van der Waals surface area contributed by atoms with E-state index in [0.717, 1.165) is 4.90 Å². The number of nitrogens with one attached hydrogen (secondary N) is 1. The van der Waals surface area contributed by atoms with Gasteiger partial charge in [-0.1, -0.05) is 0 Å². The second kappa shape index (κ2) is 9.39. The van der Waals surface area contributed by atoms with Gasteiger partial charge in [-0.25, -0.2) is 0 Å². The van der Waals surface area contributed by atoms with Crippen LogP contribution in [-0.4, -0.2) is 110 Å². The van der Waals surface area contributed by atoms with E-state index in [1.54, 1.807) is 6.92 Å². The monoisotopic (exact) mass is 434 g/mol. The number of rotatable bonds is 6. The number of esters is 1. The summed E-state index contributed by atoms with van der Waals surface area (Å²) in [4.78, 5) is 44.5. The Kier molecular flexibility index (Phi) is 6.42. The molecule has 3 aliphatic rings. The molecule has 0 saturated carbocycles. The lowest BCUT2D eigenvalue weighted by Gasteiger charge is -2.31. The van der Waals surface area contributed by atoms with Crippen molar-refractivity contribution in [3.63, 3.8) is 0 Å². The first-order chi connectivity index (χ1) is 15.1. The number of carbonyl (C=O) groups excluding carboxylic acids is 2. The van der Waals surface area contributed by atoms with Crippen LogP contribution in [0.3, 0.4) is 0 Å². The van der Waals surface area contributed by atoms with Crippen LogP contribution in [-0.2, 0) is 23.8 Å². The Morgan fingerprint density at radius 2 is 1.48 bits per heavy atom. The average molecular weight is 434 g/mol. The lowest BCUT2D eigenvalue weighted by atomic mass is 10.4. The Labute approximate surface area is 179 Å². The molecule has 1 amide bonds. The highest BCUT2D eigenvalue weighted by Gasteiger charge is 2.38. The van der Waals surface area contributed by atoms with Gasteiger partial charge in [-0.3, -0.25) is 24.8 Å². The summed E-state index contributed by atoms with van der Waals surface area (Å²) in [6, 6.07) is 0. The standard InChI is InChI=1S/C18H26N8O5/c1-2-31-14(28)12-25-13(27)11-26(15(25)19)18-21-16(23-3-7-29-8-4-23)20-17(22-18)24-5-9-30-10-6-24/h19H,2-12H2,1H3. The number of hydrogen-bond acceptors (Lipinski definition) is 11. The van der Waals surface area contributed by atoms with Gasteiger partial charge < -0.3 is 24.0 Å². The van der Waals surface area contributed by atoms with E-state index < -0.39 is 5.97 Å². The van der Waals surface area contributed by atoms with Crippen LogP contribution < -0.4 is 14.7 Å². The van der Waals surface area contributed by atoms with Crippen LogP contribution in [0, 0.1) is 5.41 Å². The molecule has 0 unspecified atom stereocenters. The molecule has 3 fully saturated rings. The van der Waals surface area contributed by atoms with Crippen LogP contribution in [0.25, 0.3) is 0 Å². The molecule has 0 atom stereocenters. The third-order valence-electron chi connectivity index (χ3n) is 5.13. The SMILES string of the molecule is CCOC(=O)CN1C(=N)N(c2nc(N3CCOCC3)nc(N3CCOCC3)n2)CC1=O. The second-order valence-corrected chi connectivity index (χ2v) is 7.13. The van der Waals surface area contributed by atoms with Crippen molar-refractivity contribution < 1.29 is 23.8 Å². The molecule has 13 nitrogen and oxygen atoms in total. The highest BCUT2D eigenvalue weighted by Crippen LogP contribution is 2.23. The molecule has 3 saturated heterocycles. The minimum Gasteiger partial charge on any atom is -0.465 e. The Hall–Kier alpha value is -3.06. The van der Waals surface area contributed by atoms with Crippen LogP contribution in [0.1, 0.15) is 6.92 Å². The van der Waals surface area contributed by atoms with Gasteiger partial charge in [0.05, 0.1) is 33.0 Å². The smallest absolute Gasteiger partial charge is 0.326 e. The number of morpholine rings is 2. The predicted molar refractivity (Wildman–Crippen MR) is 109 cm³/mol. The van der Waals surface area contributed by atoms with Gasteiger partial charge in [-0.05, 0) is 6.92 Å². The molecule has 13 heteroatoms. The highest BCUT2D eigenvalue weighted by atomic mass is 16.5. The number of carbonyl (C=O) groups is 2. The number of hydrogen-bond donors (Lipinski definition) is 1. The molecular weight excluding hydrogens is 408 g/mol. The van der Waals surface area contributed by atoms with E-state index in [-0.39, 0.29) is 37.5 Å². The van der Waals surface area contributed by atoms with E-state index in [9.17, 15) is 9.59 Å². The maximum atomic E-state index is 12.5. The topological polar surface area (TPSA) is 137 Å². The molecule has 0 spiro atoms. The van der Waals surface area contributed by atoms with Gasteiger partial charge in [0.25, 0.3) is 0 Å². The summed E-state index contributed by atoms with van der Waals surface area (Å²) in [5.74, 6) is 0.0194. The number of amides is 1. The lowest BCUT2D eigenvalue weighted by Crippen LogP contribution is -2.41. The quantitative estimate of drug-likeness (QED) is 0.534. The summed E-state index contributed by atoms with van der Waals surface area (Å²) >= 11 is 0. The van der Waals surface area contributed by atoms with Crippen molar-refractivity contribution in [1.82, 2.24) is 19.9 Å². The summed E-state index contributed by atoms with van der Waals surface area (Å²) in [6.07, 6.45) is 0. The fraction of sp³-hybridized carbons (Fsp3) is 0.667. The fourth-order valence-electron chi connectivity index (χ4n) is 3.50. The first-order valence-corrected chi connectivity index (χ1v) is 10.3. The van der Waals surface area contributed by atoms with Gasteiger partial charge in [0, 0.05) is 26.2 Å². The first kappa shape index (κ1) is 21.2. The van der Waals surface area contributed by atoms with Crippen molar-refractivity contribution in [2.45, 2.75) is 6.92 Å². The molecule has 3 aliphatic heterocycles. The summed E-state index contributed by atoms with van der Waals surface area (Å²) in [6.45, 7) is 6.26. The van der Waals surface area contributed by atoms with Gasteiger partial charge in [0.1, 0.15) is 13.1 Å². The molecule has 168 valence electrons. The van der Waals surface area contributed by atoms with Crippen LogP contribution in [0.4, 0.5) is 17.8 Å². The number of aromatic nitrogens is 3. The van der Waals surface area contributed by atoms with Crippen molar-refractivity contribution in [2.75, 3.05) is 87.0 Å². The molecule has 1 N–H and O–H groups in total. The maximum absolute atomic E-state index is 12.5. The van der Waals surface area contributed by atoms with Crippen LogP contribution in [0.15, 0.2) is 0 Å². The van der Waals surface area contributed by atoms with E-state index in [0.29, 0.717) is 64.5 Å². The van der Waals surface area contributed by atoms with Crippen LogP contribution in [0.2, 0.25) is 0 Å². The molecule has 0 bridgehead atoms. The summed E-state index contributed by atoms with van der Waals surface area (Å²) < 4.78 is 15.8. The Morgan fingerprint density at radius 3 is 2.00 bits per heavy atom. The zero-order valence-corrected chi connectivity index (χ0v) is 17.4. The van der Waals surface area contributed by atoms with E-state index in [1.165, 1.54) is 4.90 Å². The maximum Gasteiger partial charge on any atom is 0.326 e. The van der Waals surface area contributed by atoms with Crippen molar-refractivity contribution in [2.24, 2.45) is 0 Å². The van der Waals surface area contributed by atoms with Gasteiger partial charge in [0.15, 0.2) is 0 Å². The van der Waals surface area contributed by atoms with Crippen LogP contribution in [0.5, 0.6) is 0 Å². The second-order valence-electron chi connectivity index (χ2n) is 7.13. The number of anilines is 3. The largest absolute Gasteiger partial charge is 0.465 e. The van der Waals surface area contributed by atoms with Crippen molar-refractivity contribution in [3.8, 4) is 0 Å². The normalized spacial score (nSPS) is 19.9. The van der Waals surface area contributed by atoms with Gasteiger partial charge in [-0.15, -0.1) is 0 Å². The van der Waals surface area contributed by atoms with Crippen molar-refractivity contribution in [3.05, 3.63) is 0 Å². The first-order valence-electron chi connectivity index (χ1n) is 10.3. The third kappa shape index (κ3) is 4.66. The highest BCUT2D eigenvalue weighted by molar-refractivity contribution is 6.13. The van der Waals surface area contributed by atoms with E-state index in [4.69, 9.17) is 19.6 Å². The van der Waals surface area contributed by atoms with E-state index >= 15 is 0 Å². The fourth-order valence-corrected chi connectivity index (χ4v) is 3.50. The third-order valence-corrected chi connectivity index (χ3v) is 5.13. The Balaban J connectivity index is 1.62. The van der Waals surface area contributed by atoms with Crippen molar-refractivity contribution in [1.29, 1.82) is 5.41 Å². The summed E-state index contributed by atoms with van der Waals surface area (Å²) in [7, 11) is 0. The van der Waals surface area contributed by atoms with Gasteiger partial charge in [-0.2, -0.15) is 15.0 Å². The van der Waals surface area contributed by atoms with E-state index in [1.807, 2.05) is 9.80 Å².